The molecule has 70 valence electrons. The van der Waals surface area contributed by atoms with Gasteiger partial charge in [0, 0.05) is 6.42 Å². The van der Waals surface area contributed by atoms with Gasteiger partial charge in [-0.2, -0.15) is 0 Å². The van der Waals surface area contributed by atoms with Crippen molar-refractivity contribution in [1.82, 2.24) is 0 Å². The van der Waals surface area contributed by atoms with Gasteiger partial charge in [0.2, 0.25) is 0 Å². The van der Waals surface area contributed by atoms with Crippen LogP contribution >= 0.6 is 0 Å². The second kappa shape index (κ2) is 8.50. The quantitative estimate of drug-likeness (QED) is 0.493. The Morgan fingerprint density at radius 2 is 1.91 bits per heavy atom. The summed E-state index contributed by atoms with van der Waals surface area (Å²) < 4.78 is 0. The lowest BCUT2D eigenvalue weighted by molar-refractivity contribution is -0.725. The highest BCUT2D eigenvalue weighted by molar-refractivity contribution is 4.43. The van der Waals surface area contributed by atoms with Gasteiger partial charge in [-0.3, -0.25) is 0 Å². The summed E-state index contributed by atoms with van der Waals surface area (Å²) >= 11 is 0. The van der Waals surface area contributed by atoms with Crippen molar-refractivity contribution in [3.05, 3.63) is 0 Å². The highest BCUT2D eigenvalue weighted by Gasteiger charge is 2.07. The van der Waals surface area contributed by atoms with Crippen molar-refractivity contribution >= 4 is 0 Å². The maximum absolute atomic E-state index is 9.30. The Labute approximate surface area is 80.2 Å². The third-order valence-electron chi connectivity index (χ3n) is 1.44. The molecule has 0 radical (unpaired) electrons. The molecule has 0 rings (SSSR count). The highest BCUT2D eigenvalue weighted by atomic mass is 79.9. The Morgan fingerprint density at radius 3 is 2.27 bits per heavy atom. The largest absolute Gasteiger partial charge is 1.00 e. The van der Waals surface area contributed by atoms with Gasteiger partial charge in [0.15, 0.2) is 6.23 Å². The Balaban J connectivity index is 0. The molecule has 1 atom stereocenters. The average Bonchev–Trinajstić information content (AvgIpc) is 1.82. The second-order valence-electron chi connectivity index (χ2n) is 3.22. The molecule has 0 amide bonds. The first-order valence-electron chi connectivity index (χ1n) is 4.18. The maximum Gasteiger partial charge on any atom is 0.187 e. The number of aliphatic hydroxyl groups is 1. The number of rotatable bonds is 5. The zero-order chi connectivity index (χ0) is 7.98. The molecule has 0 aromatic carbocycles. The van der Waals surface area contributed by atoms with Crippen LogP contribution in [0.25, 0.3) is 0 Å². The van der Waals surface area contributed by atoms with E-state index in [1.807, 2.05) is 5.32 Å². The molecular formula is C8H20BrNO. The third kappa shape index (κ3) is 10.4. The number of hydrogen-bond acceptors (Lipinski definition) is 1. The molecule has 0 spiro atoms. The van der Waals surface area contributed by atoms with Crippen molar-refractivity contribution in [2.75, 3.05) is 6.54 Å². The molecule has 0 aliphatic rings. The van der Waals surface area contributed by atoms with Crippen LogP contribution in [0.1, 0.15) is 33.6 Å². The van der Waals surface area contributed by atoms with Gasteiger partial charge >= 0.3 is 0 Å². The van der Waals surface area contributed by atoms with Crippen molar-refractivity contribution in [2.24, 2.45) is 5.92 Å². The number of nitrogens with two attached hydrogens (primary N) is 1. The predicted molar refractivity (Wildman–Crippen MR) is 42.5 cm³/mol. The second-order valence-corrected chi connectivity index (χ2v) is 3.22. The van der Waals surface area contributed by atoms with Crippen LogP contribution < -0.4 is 22.3 Å². The SMILES string of the molecule is CCC[NH2+]C(O)CC(C)C.[Br-]. The van der Waals surface area contributed by atoms with E-state index < -0.39 is 0 Å². The van der Waals surface area contributed by atoms with Gasteiger partial charge in [-0.15, -0.1) is 0 Å². The maximum atomic E-state index is 9.30. The summed E-state index contributed by atoms with van der Waals surface area (Å²) in [7, 11) is 0. The third-order valence-corrected chi connectivity index (χ3v) is 1.44. The molecule has 0 heterocycles. The molecule has 3 heteroatoms. The summed E-state index contributed by atoms with van der Waals surface area (Å²) in [5.41, 5.74) is 0. The van der Waals surface area contributed by atoms with E-state index in [4.69, 9.17) is 0 Å². The number of aliphatic hydroxyl groups excluding tert-OH is 1. The molecule has 0 aromatic heterocycles. The van der Waals surface area contributed by atoms with Gasteiger partial charge in [0.05, 0.1) is 6.54 Å². The number of hydrogen-bond donors (Lipinski definition) is 2. The molecule has 0 fully saturated rings. The average molecular weight is 226 g/mol. The minimum absolute atomic E-state index is 0. The highest BCUT2D eigenvalue weighted by Crippen LogP contribution is 1.98. The van der Waals surface area contributed by atoms with Crippen molar-refractivity contribution in [3.63, 3.8) is 0 Å². The fourth-order valence-corrected chi connectivity index (χ4v) is 0.938. The van der Waals surface area contributed by atoms with E-state index >= 15 is 0 Å². The summed E-state index contributed by atoms with van der Waals surface area (Å²) in [6, 6.07) is 0. The topological polar surface area (TPSA) is 36.8 Å². The minimum atomic E-state index is -0.181. The molecule has 0 aliphatic carbocycles. The molecule has 1 unspecified atom stereocenters. The van der Waals surface area contributed by atoms with Crippen LogP contribution in [0.2, 0.25) is 0 Å². The molecule has 0 aromatic rings. The summed E-state index contributed by atoms with van der Waals surface area (Å²) in [5.74, 6) is 0.600. The molecule has 0 saturated heterocycles. The Bertz CT molecular complexity index is 78.5. The summed E-state index contributed by atoms with van der Waals surface area (Å²) in [6.45, 7) is 7.42. The molecule has 2 nitrogen and oxygen atoms in total. The van der Waals surface area contributed by atoms with E-state index in [1.165, 1.54) is 0 Å². The Morgan fingerprint density at radius 1 is 1.36 bits per heavy atom. The van der Waals surface area contributed by atoms with Crippen LogP contribution in [0.5, 0.6) is 0 Å². The first-order chi connectivity index (χ1) is 4.66. The first kappa shape index (κ1) is 14.0. The fourth-order valence-electron chi connectivity index (χ4n) is 0.938. The lowest BCUT2D eigenvalue weighted by Crippen LogP contribution is -3.00. The predicted octanol–water partition coefficient (Wildman–Crippen LogP) is -2.67. The molecular weight excluding hydrogens is 206 g/mol. The number of quaternary nitrogens is 1. The van der Waals surface area contributed by atoms with Crippen LogP contribution in [0.15, 0.2) is 0 Å². The molecule has 0 bridgehead atoms. The lowest BCUT2D eigenvalue weighted by atomic mass is 10.1. The van der Waals surface area contributed by atoms with Crippen LogP contribution in [-0.4, -0.2) is 17.9 Å². The van der Waals surface area contributed by atoms with Crippen LogP contribution in [0.3, 0.4) is 0 Å². The van der Waals surface area contributed by atoms with Gasteiger partial charge in [-0.05, 0) is 12.3 Å². The van der Waals surface area contributed by atoms with E-state index in [0.29, 0.717) is 5.92 Å². The van der Waals surface area contributed by atoms with E-state index in [9.17, 15) is 5.11 Å². The van der Waals surface area contributed by atoms with Crippen LogP contribution in [0, 0.1) is 5.92 Å². The standard InChI is InChI=1S/C8H19NO.BrH/c1-4-5-9-8(10)6-7(2)3;/h7-10H,4-6H2,1-3H3;1H. The van der Waals surface area contributed by atoms with Gasteiger partial charge in [0.25, 0.3) is 0 Å². The molecule has 3 N–H and O–H groups in total. The molecule has 11 heavy (non-hydrogen) atoms. The fraction of sp³-hybridized carbons (Fsp3) is 1.00. The van der Waals surface area contributed by atoms with Crippen LogP contribution in [0.4, 0.5) is 0 Å². The van der Waals surface area contributed by atoms with Crippen molar-refractivity contribution in [2.45, 2.75) is 39.8 Å². The van der Waals surface area contributed by atoms with Gasteiger partial charge in [0.1, 0.15) is 0 Å². The Kier molecular flexibility index (Phi) is 10.8. The van der Waals surface area contributed by atoms with Crippen molar-refractivity contribution < 1.29 is 27.4 Å². The monoisotopic (exact) mass is 225 g/mol. The van der Waals surface area contributed by atoms with Gasteiger partial charge in [-0.1, -0.05) is 20.8 Å². The summed E-state index contributed by atoms with van der Waals surface area (Å²) in [5, 5.41) is 11.3. The Hall–Kier alpha value is 0.400. The van der Waals surface area contributed by atoms with E-state index in [1.54, 1.807) is 0 Å². The zero-order valence-corrected chi connectivity index (χ0v) is 9.26. The van der Waals surface area contributed by atoms with E-state index in [2.05, 4.69) is 20.8 Å². The minimum Gasteiger partial charge on any atom is -1.00 e. The van der Waals surface area contributed by atoms with Crippen molar-refractivity contribution in [1.29, 1.82) is 0 Å². The smallest absolute Gasteiger partial charge is 0.187 e. The van der Waals surface area contributed by atoms with E-state index in [0.717, 1.165) is 19.4 Å². The number of halogens is 1. The van der Waals surface area contributed by atoms with Gasteiger partial charge in [-0.25, -0.2) is 0 Å². The lowest BCUT2D eigenvalue weighted by Gasteiger charge is -2.10. The normalized spacial score (nSPS) is 12.8. The summed E-state index contributed by atoms with van der Waals surface area (Å²) in [4.78, 5) is 0. The molecule has 0 aliphatic heterocycles. The first-order valence-corrected chi connectivity index (χ1v) is 4.18. The summed E-state index contributed by atoms with van der Waals surface area (Å²) in [6.07, 6.45) is 1.86. The van der Waals surface area contributed by atoms with Crippen molar-refractivity contribution in [3.8, 4) is 0 Å². The van der Waals surface area contributed by atoms with Crippen LogP contribution in [-0.2, 0) is 0 Å². The zero-order valence-electron chi connectivity index (χ0n) is 7.68. The molecule has 0 saturated carbocycles. The van der Waals surface area contributed by atoms with Gasteiger partial charge < -0.3 is 27.4 Å². The van der Waals surface area contributed by atoms with E-state index in [-0.39, 0.29) is 23.2 Å².